The van der Waals surface area contributed by atoms with Gasteiger partial charge in [-0.2, -0.15) is 0 Å². The number of ether oxygens (including phenoxy) is 1. The van der Waals surface area contributed by atoms with Crippen LogP contribution in [0.2, 0.25) is 5.02 Å². The zero-order chi connectivity index (χ0) is 16.6. The second kappa shape index (κ2) is 5.58. The summed E-state index contributed by atoms with van der Waals surface area (Å²) in [5, 5.41) is 0.298. The molecule has 0 saturated carbocycles. The van der Waals surface area contributed by atoms with Crippen LogP contribution in [0.15, 0.2) is 47.3 Å². The average Bonchev–Trinajstić information content (AvgIpc) is 2.45. The van der Waals surface area contributed by atoms with Gasteiger partial charge in [-0.3, -0.25) is 4.79 Å². The number of hydrogen-bond donors (Lipinski definition) is 1. The molecule has 2 aromatic carbocycles. The molecule has 3 aromatic rings. The lowest BCUT2D eigenvalue weighted by Gasteiger charge is -2.14. The van der Waals surface area contributed by atoms with Crippen molar-refractivity contribution in [2.75, 3.05) is 0 Å². The third-order valence-electron chi connectivity index (χ3n) is 3.05. The summed E-state index contributed by atoms with van der Waals surface area (Å²) in [7, 11) is 0. The number of H-pyrrole nitrogens is 1. The van der Waals surface area contributed by atoms with E-state index in [4.69, 9.17) is 11.6 Å². The summed E-state index contributed by atoms with van der Waals surface area (Å²) >= 11 is 5.99. The number of benzene rings is 2. The van der Waals surface area contributed by atoms with Gasteiger partial charge in [0.1, 0.15) is 11.6 Å². The van der Waals surface area contributed by atoms with Gasteiger partial charge in [-0.1, -0.05) is 29.8 Å². The molecule has 0 spiro atoms. The van der Waals surface area contributed by atoms with E-state index in [-0.39, 0.29) is 16.4 Å². The van der Waals surface area contributed by atoms with Gasteiger partial charge in [-0.05, 0) is 24.3 Å². The third kappa shape index (κ3) is 3.14. The van der Waals surface area contributed by atoms with Crippen LogP contribution in [0.5, 0.6) is 5.75 Å². The highest BCUT2D eigenvalue weighted by atomic mass is 35.5. The van der Waals surface area contributed by atoms with Crippen molar-refractivity contribution in [3.63, 3.8) is 0 Å². The summed E-state index contributed by atoms with van der Waals surface area (Å²) in [5.41, 5.74) is -0.276. The van der Waals surface area contributed by atoms with E-state index in [2.05, 4.69) is 14.7 Å². The molecule has 1 aromatic heterocycles. The van der Waals surface area contributed by atoms with Crippen molar-refractivity contribution in [1.29, 1.82) is 0 Å². The van der Waals surface area contributed by atoms with Crippen LogP contribution in [0.1, 0.15) is 0 Å². The number of aromatic nitrogens is 2. The molecule has 0 aliphatic heterocycles. The zero-order valence-corrected chi connectivity index (χ0v) is 12.1. The normalized spacial score (nSPS) is 11.7. The first-order valence-corrected chi connectivity index (χ1v) is 6.76. The van der Waals surface area contributed by atoms with Gasteiger partial charge in [0.25, 0.3) is 5.56 Å². The Hall–Kier alpha value is -2.54. The Labute approximate surface area is 132 Å². The summed E-state index contributed by atoms with van der Waals surface area (Å²) < 4.78 is 41.6. The van der Waals surface area contributed by atoms with Crippen molar-refractivity contribution in [1.82, 2.24) is 9.97 Å². The fraction of sp³-hybridized carbons (Fsp3) is 0.0667. The molecule has 0 saturated heterocycles. The molecule has 23 heavy (non-hydrogen) atoms. The van der Waals surface area contributed by atoms with Gasteiger partial charge < -0.3 is 9.72 Å². The number of hydrogen-bond acceptors (Lipinski definition) is 3. The molecule has 0 radical (unpaired) electrons. The average molecular weight is 341 g/mol. The first-order valence-electron chi connectivity index (χ1n) is 6.39. The molecule has 0 atom stereocenters. The molecule has 1 heterocycles. The first kappa shape index (κ1) is 15.4. The lowest BCUT2D eigenvalue weighted by atomic mass is 10.1. The second-order valence-electron chi connectivity index (χ2n) is 4.59. The van der Waals surface area contributed by atoms with Crippen LogP contribution >= 0.6 is 11.6 Å². The van der Waals surface area contributed by atoms with E-state index in [1.54, 1.807) is 24.3 Å². The Morgan fingerprint density at radius 1 is 1.09 bits per heavy atom. The maximum atomic E-state index is 12.5. The van der Waals surface area contributed by atoms with E-state index < -0.39 is 17.7 Å². The molecule has 4 nitrogen and oxygen atoms in total. The number of para-hydroxylation sites is 1. The predicted molar refractivity (Wildman–Crippen MR) is 79.5 cm³/mol. The molecule has 0 aliphatic carbocycles. The number of alkyl halides is 3. The molecule has 0 amide bonds. The van der Waals surface area contributed by atoms with Crippen molar-refractivity contribution < 1.29 is 17.9 Å². The standard InChI is InChI=1S/C15H8ClF3N2O2/c16-9-5-3-7-11(23-15(17,18)19)12(9)13-20-10-6-2-1-4-8(10)14(22)21-13/h1-7H,(H,20,21,22). The summed E-state index contributed by atoms with van der Waals surface area (Å²) in [6.45, 7) is 0. The fourth-order valence-corrected chi connectivity index (χ4v) is 2.40. The maximum Gasteiger partial charge on any atom is 0.573 e. The van der Waals surface area contributed by atoms with E-state index in [1.807, 2.05) is 0 Å². The number of fused-ring (bicyclic) bond motifs is 1. The fourth-order valence-electron chi connectivity index (χ4n) is 2.15. The molecular formula is C15H8ClF3N2O2. The van der Waals surface area contributed by atoms with E-state index in [9.17, 15) is 18.0 Å². The summed E-state index contributed by atoms with van der Waals surface area (Å²) in [5.74, 6) is -0.637. The minimum Gasteiger partial charge on any atom is -0.405 e. The highest BCUT2D eigenvalue weighted by molar-refractivity contribution is 6.33. The number of nitrogens with zero attached hydrogens (tertiary/aromatic N) is 1. The Bertz CT molecular complexity index is 938. The van der Waals surface area contributed by atoms with Crippen LogP contribution in [-0.2, 0) is 0 Å². The monoisotopic (exact) mass is 340 g/mol. The zero-order valence-electron chi connectivity index (χ0n) is 11.3. The van der Waals surface area contributed by atoms with Gasteiger partial charge in [0.05, 0.1) is 21.5 Å². The van der Waals surface area contributed by atoms with E-state index >= 15 is 0 Å². The Kier molecular flexibility index (Phi) is 3.73. The van der Waals surface area contributed by atoms with Crippen LogP contribution < -0.4 is 10.3 Å². The molecule has 0 unspecified atom stereocenters. The molecule has 1 N–H and O–H groups in total. The van der Waals surface area contributed by atoms with Gasteiger partial charge in [0.2, 0.25) is 0 Å². The molecule has 3 rings (SSSR count). The topological polar surface area (TPSA) is 55.0 Å². The van der Waals surface area contributed by atoms with Gasteiger partial charge >= 0.3 is 6.36 Å². The minimum absolute atomic E-state index is 0.0230. The Balaban J connectivity index is 2.24. The van der Waals surface area contributed by atoms with Crippen LogP contribution in [-0.4, -0.2) is 16.3 Å². The van der Waals surface area contributed by atoms with Gasteiger partial charge in [0.15, 0.2) is 0 Å². The second-order valence-corrected chi connectivity index (χ2v) is 5.00. The Morgan fingerprint density at radius 3 is 2.57 bits per heavy atom. The Morgan fingerprint density at radius 2 is 1.83 bits per heavy atom. The number of nitrogens with one attached hydrogen (secondary N) is 1. The molecule has 0 bridgehead atoms. The maximum absolute atomic E-state index is 12.5. The van der Waals surface area contributed by atoms with Crippen molar-refractivity contribution in [2.45, 2.75) is 6.36 Å². The number of halogens is 4. The van der Waals surface area contributed by atoms with Crippen LogP contribution in [0.4, 0.5) is 13.2 Å². The summed E-state index contributed by atoms with van der Waals surface area (Å²) in [6.07, 6.45) is -4.89. The van der Waals surface area contributed by atoms with Crippen LogP contribution in [0.3, 0.4) is 0 Å². The SMILES string of the molecule is O=c1[nH]c(-c2c(Cl)cccc2OC(F)(F)F)nc2ccccc12. The lowest BCUT2D eigenvalue weighted by Crippen LogP contribution is -2.18. The van der Waals surface area contributed by atoms with Crippen molar-refractivity contribution in [2.24, 2.45) is 0 Å². The minimum atomic E-state index is -4.89. The summed E-state index contributed by atoms with van der Waals surface area (Å²) in [4.78, 5) is 18.7. The van der Waals surface area contributed by atoms with E-state index in [0.717, 1.165) is 6.07 Å². The summed E-state index contributed by atoms with van der Waals surface area (Å²) in [6, 6.07) is 10.3. The molecule has 0 aliphatic rings. The van der Waals surface area contributed by atoms with Crippen molar-refractivity contribution >= 4 is 22.5 Å². The first-order chi connectivity index (χ1) is 10.8. The smallest absolute Gasteiger partial charge is 0.405 e. The predicted octanol–water partition coefficient (Wildman–Crippen LogP) is 4.14. The van der Waals surface area contributed by atoms with Gasteiger partial charge in [-0.15, -0.1) is 13.2 Å². The number of aromatic amines is 1. The van der Waals surface area contributed by atoms with Crippen LogP contribution in [0.25, 0.3) is 22.3 Å². The van der Waals surface area contributed by atoms with E-state index in [0.29, 0.717) is 10.9 Å². The number of rotatable bonds is 2. The van der Waals surface area contributed by atoms with Crippen LogP contribution in [0, 0.1) is 0 Å². The lowest BCUT2D eigenvalue weighted by molar-refractivity contribution is -0.274. The quantitative estimate of drug-likeness (QED) is 0.762. The molecule has 8 heteroatoms. The molecule has 0 fully saturated rings. The third-order valence-corrected chi connectivity index (χ3v) is 3.37. The highest BCUT2D eigenvalue weighted by Crippen LogP contribution is 2.37. The largest absolute Gasteiger partial charge is 0.573 e. The van der Waals surface area contributed by atoms with E-state index in [1.165, 1.54) is 12.1 Å². The van der Waals surface area contributed by atoms with Gasteiger partial charge in [0, 0.05) is 0 Å². The van der Waals surface area contributed by atoms with Crippen molar-refractivity contribution in [3.05, 3.63) is 57.8 Å². The molecular weight excluding hydrogens is 333 g/mol. The molecule has 118 valence electrons. The van der Waals surface area contributed by atoms with Gasteiger partial charge in [-0.25, -0.2) is 4.98 Å². The van der Waals surface area contributed by atoms with Crippen molar-refractivity contribution in [3.8, 4) is 17.1 Å². The highest BCUT2D eigenvalue weighted by Gasteiger charge is 2.33.